The summed E-state index contributed by atoms with van der Waals surface area (Å²) in [5.41, 5.74) is 10.3. The Morgan fingerprint density at radius 2 is 0.942 bits per heavy atom. The zero-order valence-corrected chi connectivity index (χ0v) is 36.8. The molecule has 0 aliphatic rings. The Hall–Kier alpha value is -3.49. The van der Waals surface area contributed by atoms with Crippen molar-refractivity contribution in [3.05, 3.63) is 162 Å². The molecule has 0 heterocycles. The molecule has 268 valence electrons. The Kier molecular flexibility index (Phi) is 15.7. The fraction of sp³-hybridized carbons (Fsp3) is 0.250. The summed E-state index contributed by atoms with van der Waals surface area (Å²) in [6.07, 6.45) is 0. The van der Waals surface area contributed by atoms with Crippen LogP contribution in [-0.2, 0) is 34.2 Å². The molecule has 1 nitrogen and oxygen atoms in total. The fourth-order valence-electron chi connectivity index (χ4n) is 6.09. The quantitative estimate of drug-likeness (QED) is 0.126. The minimum absolute atomic E-state index is 0. The molecule has 0 saturated heterocycles. The maximum absolute atomic E-state index is 11.7. The van der Waals surface area contributed by atoms with Gasteiger partial charge in [0.05, 0.1) is 0 Å². The summed E-state index contributed by atoms with van der Waals surface area (Å²) < 4.78 is 0. The SMILES string of the molecule is CC(C)(C)c1ccc([O-])c(C(C)(C)C)c1.C[Si](C)=[Zr+2].Cc1cc2c(-c3ccccc3)cccc2[cH-]1.Cc1cc2c(-c3ccccc3)cccc2[cH-]1.[Cl-]. The largest absolute Gasteiger partial charge is 1.00 e. The molecule has 4 heteroatoms. The van der Waals surface area contributed by atoms with E-state index >= 15 is 0 Å². The molecule has 0 bridgehead atoms. The summed E-state index contributed by atoms with van der Waals surface area (Å²) in [4.78, 5) is 0. The van der Waals surface area contributed by atoms with Crippen LogP contribution in [0.3, 0.4) is 0 Å². The molecule has 0 unspecified atom stereocenters. The van der Waals surface area contributed by atoms with E-state index in [1.165, 1.54) is 60.5 Å². The molecule has 7 rings (SSSR count). The standard InChI is InChI=1S/2C16H13.C14H22O.C2H6Si.ClH.Zr/c2*1-12-10-14-8-5-9-15(16(14)11-12)13-6-3-2-4-7-13;1-13(2,3)10-7-8-12(15)11(9-10)14(4,5)6;1-3-2;;/h2*2-11H,1H3;7-9,15H,1-6H3;1-2H3;1H;/q2*-1;;;;+2/p-2. The van der Waals surface area contributed by atoms with E-state index in [1.807, 2.05) is 6.07 Å². The van der Waals surface area contributed by atoms with Crippen LogP contribution in [-0.4, -0.2) is 5.43 Å². The van der Waals surface area contributed by atoms with E-state index < -0.39 is 0 Å². The van der Waals surface area contributed by atoms with E-state index in [4.69, 9.17) is 0 Å². The number of benzene rings is 5. The Balaban J connectivity index is 0.000000198. The molecule has 0 fully saturated rings. The van der Waals surface area contributed by atoms with Gasteiger partial charge in [-0.25, -0.2) is 0 Å². The Morgan fingerprint density at radius 3 is 1.31 bits per heavy atom. The summed E-state index contributed by atoms with van der Waals surface area (Å²) in [6, 6.07) is 48.8. The minimum Gasteiger partial charge on any atom is -1.00 e. The van der Waals surface area contributed by atoms with Gasteiger partial charge in [0.1, 0.15) is 0 Å². The van der Waals surface area contributed by atoms with Gasteiger partial charge in [-0.15, -0.1) is 74.8 Å². The first-order valence-corrected chi connectivity index (χ1v) is 24.0. The molecule has 0 amide bonds. The topological polar surface area (TPSA) is 23.1 Å². The average Bonchev–Trinajstić information content (AvgIpc) is 3.65. The van der Waals surface area contributed by atoms with Crippen LogP contribution < -0.4 is 17.5 Å². The van der Waals surface area contributed by atoms with Crippen LogP contribution in [0, 0.1) is 13.8 Å². The van der Waals surface area contributed by atoms with Gasteiger partial charge in [0.25, 0.3) is 0 Å². The van der Waals surface area contributed by atoms with Crippen LogP contribution in [0.15, 0.2) is 140 Å². The number of rotatable bonds is 2. The van der Waals surface area contributed by atoms with E-state index in [1.54, 1.807) is 29.4 Å². The molecule has 7 aromatic rings. The molecule has 0 aliphatic carbocycles. The number of hydrogen-bond donors (Lipinski definition) is 0. The predicted octanol–water partition coefficient (Wildman–Crippen LogP) is 10.2. The predicted molar refractivity (Wildman–Crippen MR) is 220 cm³/mol. The zero-order valence-electron chi connectivity index (χ0n) is 32.6. The van der Waals surface area contributed by atoms with Crippen molar-refractivity contribution in [3.8, 4) is 28.0 Å². The van der Waals surface area contributed by atoms with Crippen molar-refractivity contribution < 1.29 is 40.8 Å². The van der Waals surface area contributed by atoms with Gasteiger partial charge in [0, 0.05) is 0 Å². The Labute approximate surface area is 334 Å². The van der Waals surface area contributed by atoms with Crippen LogP contribution in [0.5, 0.6) is 5.75 Å². The van der Waals surface area contributed by atoms with Gasteiger partial charge in [-0.2, -0.15) is 12.1 Å². The van der Waals surface area contributed by atoms with E-state index in [9.17, 15) is 5.11 Å². The third kappa shape index (κ3) is 12.0. The fourth-order valence-corrected chi connectivity index (χ4v) is 6.09. The van der Waals surface area contributed by atoms with Gasteiger partial charge in [0.2, 0.25) is 0 Å². The molecule has 0 saturated carbocycles. The molecule has 7 aromatic carbocycles. The number of hydrogen-bond acceptors (Lipinski definition) is 1. The Bertz CT molecular complexity index is 2060. The van der Waals surface area contributed by atoms with Gasteiger partial charge in [-0.3, -0.25) is 0 Å². The second kappa shape index (κ2) is 19.0. The first-order chi connectivity index (χ1) is 24.0. The third-order valence-corrected chi connectivity index (χ3v) is 8.61. The van der Waals surface area contributed by atoms with Crippen LogP contribution in [0.25, 0.3) is 43.8 Å². The van der Waals surface area contributed by atoms with Crippen molar-refractivity contribution in [3.63, 3.8) is 0 Å². The number of aryl methyl sites for hydroxylation is 2. The van der Waals surface area contributed by atoms with Gasteiger partial charge >= 0.3 is 41.9 Å². The molecule has 0 spiro atoms. The molecule has 0 atom stereocenters. The smallest absolute Gasteiger partial charge is 0.0279 e. The summed E-state index contributed by atoms with van der Waals surface area (Å²) in [6.45, 7) is 21.6. The summed E-state index contributed by atoms with van der Waals surface area (Å²) >= 11 is 1.74. The Morgan fingerprint density at radius 1 is 0.538 bits per heavy atom. The van der Waals surface area contributed by atoms with Crippen molar-refractivity contribution in [2.24, 2.45) is 0 Å². The molecular formula is C48H53ClOSiZr-2. The van der Waals surface area contributed by atoms with E-state index in [0.717, 1.165) is 5.56 Å². The van der Waals surface area contributed by atoms with Crippen molar-refractivity contribution in [2.75, 3.05) is 0 Å². The van der Waals surface area contributed by atoms with Crippen molar-refractivity contribution >= 4 is 27.0 Å². The zero-order chi connectivity index (χ0) is 37.3. The first-order valence-electron chi connectivity index (χ1n) is 17.8. The molecular weight excluding hydrogens is 747 g/mol. The van der Waals surface area contributed by atoms with Gasteiger partial charge in [-0.1, -0.05) is 163 Å². The first kappa shape index (κ1) is 42.9. The second-order valence-corrected chi connectivity index (χ2v) is 25.0. The summed E-state index contributed by atoms with van der Waals surface area (Å²) in [7, 11) is 0. The summed E-state index contributed by atoms with van der Waals surface area (Å²) in [5.74, 6) is 0.149. The van der Waals surface area contributed by atoms with Crippen LogP contribution in [0.4, 0.5) is 0 Å². The monoisotopic (exact) mass is 798 g/mol. The number of fused-ring (bicyclic) bond motifs is 2. The third-order valence-electron chi connectivity index (χ3n) is 8.61. The number of halogens is 1. The molecule has 52 heavy (non-hydrogen) atoms. The van der Waals surface area contributed by atoms with E-state index in [2.05, 4.69) is 196 Å². The van der Waals surface area contributed by atoms with Crippen molar-refractivity contribution in [2.45, 2.75) is 79.3 Å². The molecule has 0 radical (unpaired) electrons. The molecule has 0 aromatic heterocycles. The van der Waals surface area contributed by atoms with Gasteiger partial charge < -0.3 is 17.5 Å². The van der Waals surface area contributed by atoms with Crippen molar-refractivity contribution in [1.29, 1.82) is 0 Å². The van der Waals surface area contributed by atoms with Crippen LogP contribution in [0.2, 0.25) is 13.1 Å². The van der Waals surface area contributed by atoms with Crippen LogP contribution in [0.1, 0.15) is 63.8 Å². The van der Waals surface area contributed by atoms with Gasteiger partial charge in [0.15, 0.2) is 0 Å². The van der Waals surface area contributed by atoms with E-state index in [-0.39, 0.29) is 34.4 Å². The normalized spacial score (nSPS) is 10.9. The maximum atomic E-state index is 11.7. The van der Waals surface area contributed by atoms with Gasteiger partial charge in [-0.05, 0) is 27.5 Å². The molecule has 0 N–H and O–H groups in total. The minimum atomic E-state index is -0.0711. The second-order valence-electron chi connectivity index (χ2n) is 15.6. The maximum Gasteiger partial charge on any atom is -0.0279 e. The summed E-state index contributed by atoms with van der Waals surface area (Å²) in [5, 5.41) is 17.1. The van der Waals surface area contributed by atoms with E-state index in [0.29, 0.717) is 0 Å². The average molecular weight is 801 g/mol. The van der Waals surface area contributed by atoms with Crippen molar-refractivity contribution in [1.82, 2.24) is 0 Å². The molecule has 0 aliphatic heterocycles. The van der Waals surface area contributed by atoms with Crippen LogP contribution >= 0.6 is 0 Å².